The predicted octanol–water partition coefficient (Wildman–Crippen LogP) is 6.83. The standard InChI is InChI=1S/C58H72N2O18/c1-59(47-15-17-53-55(43-47)77-41-33-69-25-23-65-29-37-73-51-9-5-3-7-49(51)71-35-27-63-19-21-67-31-39-75-53)57(61)45-11-13-46(14-12-45)58(62)60(2)48-16-18-54-56(44-48)78-42-34-70-26-24-66-30-38-74-52-10-6-4-8-50(52)72-36-28-64-20-22-68-32-40-76-54/h3-18,43-44H,19-42H2,1-2H3. The van der Waals surface area contributed by atoms with Crippen molar-refractivity contribution in [1.29, 1.82) is 0 Å². The topological polar surface area (TPSA) is 188 Å². The molecular formula is C58H72N2O18. The van der Waals surface area contributed by atoms with E-state index < -0.39 is 0 Å². The number of ether oxygens (including phenoxy) is 16. The van der Waals surface area contributed by atoms with Crippen LogP contribution in [0.25, 0.3) is 0 Å². The first-order valence-corrected chi connectivity index (χ1v) is 26.2. The minimum absolute atomic E-state index is 0.212. The highest BCUT2D eigenvalue weighted by Crippen LogP contribution is 2.35. The van der Waals surface area contributed by atoms with E-state index in [0.29, 0.717) is 187 Å². The maximum absolute atomic E-state index is 13.9. The van der Waals surface area contributed by atoms with Crippen molar-refractivity contribution in [1.82, 2.24) is 0 Å². The minimum Gasteiger partial charge on any atom is -0.487 e. The lowest BCUT2D eigenvalue weighted by Crippen LogP contribution is -2.27. The van der Waals surface area contributed by atoms with Crippen LogP contribution in [0.1, 0.15) is 20.7 Å². The number of amides is 2. The Morgan fingerprint density at radius 3 is 0.718 bits per heavy atom. The summed E-state index contributed by atoms with van der Waals surface area (Å²) in [6.45, 7) is 7.98. The van der Waals surface area contributed by atoms with Gasteiger partial charge in [0.25, 0.3) is 11.8 Å². The molecule has 0 fully saturated rings. The van der Waals surface area contributed by atoms with Crippen LogP contribution in [0.15, 0.2) is 109 Å². The second-order valence-electron chi connectivity index (χ2n) is 17.1. The summed E-state index contributed by atoms with van der Waals surface area (Å²) < 4.78 is 93.7. The molecule has 0 aromatic heterocycles. The predicted molar refractivity (Wildman–Crippen MR) is 288 cm³/mol. The van der Waals surface area contributed by atoms with Gasteiger partial charge in [0, 0.05) is 48.7 Å². The Morgan fingerprint density at radius 1 is 0.269 bits per heavy atom. The third kappa shape index (κ3) is 19.8. The molecule has 0 spiro atoms. The number of rotatable bonds is 4. The largest absolute Gasteiger partial charge is 0.487 e. The first kappa shape index (κ1) is 58.8. The van der Waals surface area contributed by atoms with Crippen LogP contribution >= 0.6 is 0 Å². The third-order valence-corrected chi connectivity index (χ3v) is 11.7. The van der Waals surface area contributed by atoms with E-state index in [1.54, 1.807) is 74.8 Å². The Balaban J connectivity index is 0.912. The summed E-state index contributed by atoms with van der Waals surface area (Å²) in [6.07, 6.45) is 0. The SMILES string of the molecule is CN(C(=O)c1ccc(C(=O)N(C)c2ccc3c(c2)OCCOCCOCCOc2ccccc2OCCOCCOCCO3)cc1)c1ccc2c(c1)OCCOCCOCCOc1ccccc1OCCOCCOCCO2. The zero-order chi connectivity index (χ0) is 54.2. The fourth-order valence-corrected chi connectivity index (χ4v) is 7.60. The lowest BCUT2D eigenvalue weighted by molar-refractivity contribution is 0.0223. The average Bonchev–Trinajstić information content (AvgIpc) is 3.50. The summed E-state index contributed by atoms with van der Waals surface area (Å²) in [7, 11) is 3.33. The molecule has 0 radical (unpaired) electrons. The van der Waals surface area contributed by atoms with E-state index in [1.807, 2.05) is 48.5 Å². The normalized spacial score (nSPS) is 17.2. The smallest absolute Gasteiger partial charge is 0.258 e. The molecule has 20 nitrogen and oxygen atoms in total. The lowest BCUT2D eigenvalue weighted by atomic mass is 10.1. The highest BCUT2D eigenvalue weighted by Gasteiger charge is 2.20. The summed E-state index contributed by atoms with van der Waals surface area (Å²) in [4.78, 5) is 30.8. The summed E-state index contributed by atoms with van der Waals surface area (Å²) in [5, 5.41) is 0. The first-order valence-electron chi connectivity index (χ1n) is 26.2. The first-order chi connectivity index (χ1) is 38.4. The number of para-hydroxylation sites is 4. The van der Waals surface area contributed by atoms with Gasteiger partial charge in [0.15, 0.2) is 46.0 Å². The quantitative estimate of drug-likeness (QED) is 0.182. The molecule has 7 rings (SSSR count). The van der Waals surface area contributed by atoms with Crippen molar-refractivity contribution in [3.05, 3.63) is 120 Å². The van der Waals surface area contributed by atoms with Gasteiger partial charge in [0.1, 0.15) is 52.9 Å². The highest BCUT2D eigenvalue weighted by molar-refractivity contribution is 6.08. The van der Waals surface area contributed by atoms with Crippen molar-refractivity contribution in [3.8, 4) is 46.0 Å². The lowest BCUT2D eigenvalue weighted by Gasteiger charge is -2.21. The number of carbonyl (C=O) groups excluding carboxylic acids is 2. The molecule has 20 heteroatoms. The van der Waals surface area contributed by atoms with Gasteiger partial charge in [-0.3, -0.25) is 9.59 Å². The van der Waals surface area contributed by atoms with E-state index in [4.69, 9.17) is 75.8 Å². The average molecular weight is 1090 g/mol. The van der Waals surface area contributed by atoms with Crippen LogP contribution in [0.4, 0.5) is 11.4 Å². The van der Waals surface area contributed by atoms with Gasteiger partial charge in [-0.05, 0) is 72.8 Å². The zero-order valence-corrected chi connectivity index (χ0v) is 44.6. The number of fused-ring (bicyclic) bond motifs is 4. The Morgan fingerprint density at radius 2 is 0.474 bits per heavy atom. The van der Waals surface area contributed by atoms with Crippen LogP contribution in [-0.4, -0.2) is 184 Å². The van der Waals surface area contributed by atoms with E-state index in [9.17, 15) is 9.59 Å². The van der Waals surface area contributed by atoms with Crippen LogP contribution in [0, 0.1) is 0 Å². The second kappa shape index (κ2) is 34.1. The number of hydrogen-bond donors (Lipinski definition) is 0. The van der Waals surface area contributed by atoms with Crippen LogP contribution < -0.4 is 47.7 Å². The van der Waals surface area contributed by atoms with Crippen LogP contribution in [0.5, 0.6) is 46.0 Å². The molecule has 5 aromatic carbocycles. The molecule has 5 aromatic rings. The van der Waals surface area contributed by atoms with Crippen molar-refractivity contribution >= 4 is 23.2 Å². The van der Waals surface area contributed by atoms with Crippen molar-refractivity contribution in [2.75, 3.05) is 182 Å². The van der Waals surface area contributed by atoms with Gasteiger partial charge >= 0.3 is 0 Å². The van der Waals surface area contributed by atoms with Gasteiger partial charge in [0.2, 0.25) is 0 Å². The number of anilines is 2. The Kier molecular flexibility index (Phi) is 25.7. The third-order valence-electron chi connectivity index (χ3n) is 11.7. The molecule has 0 N–H and O–H groups in total. The van der Waals surface area contributed by atoms with Gasteiger partial charge in [-0.15, -0.1) is 0 Å². The number of hydrogen-bond acceptors (Lipinski definition) is 18. The number of benzene rings is 5. The molecule has 0 bridgehead atoms. The van der Waals surface area contributed by atoms with Crippen LogP contribution in [0.3, 0.4) is 0 Å². The molecular weight excluding hydrogens is 1010 g/mol. The van der Waals surface area contributed by atoms with E-state index in [1.165, 1.54) is 9.80 Å². The minimum atomic E-state index is -0.303. The summed E-state index contributed by atoms with van der Waals surface area (Å²) in [5.41, 5.74) is 1.85. The van der Waals surface area contributed by atoms with E-state index in [2.05, 4.69) is 0 Å². The second-order valence-corrected chi connectivity index (χ2v) is 17.1. The Hall–Kier alpha value is -6.88. The van der Waals surface area contributed by atoms with E-state index in [0.717, 1.165) is 0 Å². The summed E-state index contributed by atoms with van der Waals surface area (Å²) >= 11 is 0. The van der Waals surface area contributed by atoms with Crippen LogP contribution in [0.2, 0.25) is 0 Å². The van der Waals surface area contributed by atoms with Crippen molar-refractivity contribution in [2.24, 2.45) is 0 Å². The summed E-state index contributed by atoms with van der Waals surface area (Å²) in [5.74, 6) is 3.72. The highest BCUT2D eigenvalue weighted by atomic mass is 16.6. The summed E-state index contributed by atoms with van der Waals surface area (Å²) in [6, 6.07) is 32.0. The van der Waals surface area contributed by atoms with E-state index in [-0.39, 0.29) is 51.5 Å². The van der Waals surface area contributed by atoms with Gasteiger partial charge in [-0.25, -0.2) is 0 Å². The fourth-order valence-electron chi connectivity index (χ4n) is 7.60. The molecule has 0 atom stereocenters. The monoisotopic (exact) mass is 1080 g/mol. The molecule has 2 aliphatic heterocycles. The molecule has 422 valence electrons. The van der Waals surface area contributed by atoms with Crippen molar-refractivity contribution in [3.63, 3.8) is 0 Å². The van der Waals surface area contributed by atoms with Gasteiger partial charge < -0.3 is 85.6 Å². The zero-order valence-electron chi connectivity index (χ0n) is 44.6. The van der Waals surface area contributed by atoms with Gasteiger partial charge in [-0.1, -0.05) is 24.3 Å². The molecule has 2 heterocycles. The molecule has 2 amide bonds. The van der Waals surface area contributed by atoms with Crippen molar-refractivity contribution < 1.29 is 85.4 Å². The number of nitrogens with zero attached hydrogens (tertiary/aromatic N) is 2. The Bertz CT molecular complexity index is 2360. The number of carbonyl (C=O) groups is 2. The fraction of sp³-hybridized carbons (Fsp3) is 0.448. The molecule has 0 saturated carbocycles. The molecule has 0 aliphatic carbocycles. The Labute approximate surface area is 456 Å². The van der Waals surface area contributed by atoms with Crippen LogP contribution in [-0.2, 0) is 37.9 Å². The van der Waals surface area contributed by atoms with Crippen molar-refractivity contribution in [2.45, 2.75) is 0 Å². The van der Waals surface area contributed by atoms with Gasteiger partial charge in [-0.2, -0.15) is 0 Å². The molecule has 0 saturated heterocycles. The maximum Gasteiger partial charge on any atom is 0.258 e. The maximum atomic E-state index is 13.9. The molecule has 0 unspecified atom stereocenters. The van der Waals surface area contributed by atoms with E-state index >= 15 is 0 Å². The molecule has 78 heavy (non-hydrogen) atoms. The van der Waals surface area contributed by atoms with Gasteiger partial charge in [0.05, 0.1) is 106 Å². The molecule has 2 aliphatic rings.